The van der Waals surface area contributed by atoms with Gasteiger partial charge in [0.1, 0.15) is 23.9 Å². The van der Waals surface area contributed by atoms with Crippen LogP contribution in [-0.2, 0) is 16.8 Å². The first-order valence-corrected chi connectivity index (χ1v) is 12.0. The second-order valence-electron chi connectivity index (χ2n) is 9.99. The van der Waals surface area contributed by atoms with Gasteiger partial charge in [0.15, 0.2) is 0 Å². The van der Waals surface area contributed by atoms with E-state index in [0.29, 0.717) is 17.9 Å². The summed E-state index contributed by atoms with van der Waals surface area (Å²) in [5.74, 6) is 0.200. The summed E-state index contributed by atoms with van der Waals surface area (Å²) in [4.78, 5) is 11.2. The molecule has 0 aliphatic heterocycles. The number of carboxylic acid groups (broad SMARTS) is 1. The number of hydrogen-bond donors (Lipinski definition) is 1. The highest BCUT2D eigenvalue weighted by atomic mass is 19.1. The van der Waals surface area contributed by atoms with Crippen molar-refractivity contribution in [3.05, 3.63) is 82.7 Å². The molecule has 0 amide bonds. The fourth-order valence-electron chi connectivity index (χ4n) is 4.27. The topological polar surface area (TPSA) is 55.8 Å². The molecular weight excluding hydrogens is 443 g/mol. The Bertz CT molecular complexity index is 1190. The van der Waals surface area contributed by atoms with Crippen LogP contribution in [0.1, 0.15) is 68.7 Å². The highest BCUT2D eigenvalue weighted by molar-refractivity contribution is 5.71. The molecule has 0 heterocycles. The van der Waals surface area contributed by atoms with Crippen LogP contribution < -0.4 is 9.47 Å². The van der Waals surface area contributed by atoms with Crippen molar-refractivity contribution in [2.75, 3.05) is 7.11 Å². The molecule has 0 fully saturated rings. The smallest absolute Gasteiger partial charge is 0.303 e. The summed E-state index contributed by atoms with van der Waals surface area (Å²) in [5, 5.41) is 9.23. The van der Waals surface area contributed by atoms with Gasteiger partial charge >= 0.3 is 5.97 Å². The first-order chi connectivity index (χ1) is 16.5. The third-order valence-corrected chi connectivity index (χ3v) is 6.35. The molecule has 0 saturated carbocycles. The number of hydrogen-bond acceptors (Lipinski definition) is 3. The number of ether oxygens (including phenoxy) is 2. The highest BCUT2D eigenvalue weighted by Crippen LogP contribution is 2.37. The van der Waals surface area contributed by atoms with Gasteiger partial charge in [-0.2, -0.15) is 0 Å². The number of methoxy groups -OCH3 is 1. The van der Waals surface area contributed by atoms with E-state index in [1.807, 2.05) is 44.2 Å². The molecule has 0 aliphatic carbocycles. The average molecular weight is 479 g/mol. The van der Waals surface area contributed by atoms with E-state index >= 15 is 0 Å². The largest absolute Gasteiger partial charge is 0.497 e. The van der Waals surface area contributed by atoms with Crippen LogP contribution in [-0.4, -0.2) is 18.2 Å². The van der Waals surface area contributed by atoms with Crippen molar-refractivity contribution >= 4 is 5.97 Å². The van der Waals surface area contributed by atoms with E-state index in [0.717, 1.165) is 40.0 Å². The molecule has 3 aromatic rings. The standard InChI is InChI=1S/C30H35FO4/c1-7-21(16-29(32)33)22-10-8-19(2)28(15-22)35-18-20-9-12-24(26(14-20)30(3,4)5)25-17-23(34-6)11-13-27(25)31/h8-15,17,21H,7,16,18H2,1-6H3,(H,32,33)/t21-/m1/s1. The SMILES string of the molecule is CC[C@H](CC(=O)O)c1ccc(C)c(OCc2ccc(-c3cc(OC)ccc3F)c(C(C)(C)C)c2)c1. The van der Waals surface area contributed by atoms with Crippen LogP contribution in [0.2, 0.25) is 0 Å². The van der Waals surface area contributed by atoms with Gasteiger partial charge in [-0.25, -0.2) is 4.39 Å². The lowest BCUT2D eigenvalue weighted by atomic mass is 9.81. The van der Waals surface area contributed by atoms with Crippen molar-refractivity contribution in [2.45, 2.75) is 65.4 Å². The van der Waals surface area contributed by atoms with Gasteiger partial charge < -0.3 is 14.6 Å². The molecule has 3 aromatic carbocycles. The Hall–Kier alpha value is -3.34. The summed E-state index contributed by atoms with van der Waals surface area (Å²) in [6.07, 6.45) is 0.836. The lowest BCUT2D eigenvalue weighted by molar-refractivity contribution is -0.137. The Kier molecular flexibility index (Phi) is 8.21. The van der Waals surface area contributed by atoms with Gasteiger partial charge in [-0.1, -0.05) is 58.0 Å². The maximum absolute atomic E-state index is 14.8. The Morgan fingerprint density at radius 1 is 1.03 bits per heavy atom. The van der Waals surface area contributed by atoms with Crippen molar-refractivity contribution in [2.24, 2.45) is 0 Å². The molecule has 5 heteroatoms. The molecule has 0 bridgehead atoms. The van der Waals surface area contributed by atoms with Gasteiger partial charge in [0.2, 0.25) is 0 Å². The van der Waals surface area contributed by atoms with E-state index < -0.39 is 5.97 Å². The van der Waals surface area contributed by atoms with Gasteiger partial charge in [0.25, 0.3) is 0 Å². The molecule has 0 unspecified atom stereocenters. The van der Waals surface area contributed by atoms with Crippen LogP contribution >= 0.6 is 0 Å². The monoisotopic (exact) mass is 478 g/mol. The zero-order valence-corrected chi connectivity index (χ0v) is 21.4. The fourth-order valence-corrected chi connectivity index (χ4v) is 4.27. The van der Waals surface area contributed by atoms with Gasteiger partial charge in [0, 0.05) is 5.56 Å². The minimum atomic E-state index is -0.804. The van der Waals surface area contributed by atoms with E-state index in [9.17, 15) is 14.3 Å². The Balaban J connectivity index is 1.91. The third kappa shape index (κ3) is 6.41. The van der Waals surface area contributed by atoms with Crippen LogP contribution in [0, 0.1) is 12.7 Å². The zero-order valence-electron chi connectivity index (χ0n) is 21.4. The lowest BCUT2D eigenvalue weighted by Gasteiger charge is -2.25. The van der Waals surface area contributed by atoms with Crippen molar-refractivity contribution in [1.29, 1.82) is 0 Å². The van der Waals surface area contributed by atoms with Crippen molar-refractivity contribution in [3.63, 3.8) is 0 Å². The quantitative estimate of drug-likeness (QED) is 0.343. The predicted molar refractivity (Wildman–Crippen MR) is 138 cm³/mol. The Labute approximate surface area is 207 Å². The first-order valence-electron chi connectivity index (χ1n) is 12.0. The van der Waals surface area contributed by atoms with Gasteiger partial charge in [0.05, 0.1) is 13.5 Å². The second kappa shape index (κ2) is 10.9. The van der Waals surface area contributed by atoms with Crippen LogP contribution in [0.3, 0.4) is 0 Å². The lowest BCUT2D eigenvalue weighted by Crippen LogP contribution is -2.14. The number of benzene rings is 3. The molecule has 0 spiro atoms. The Morgan fingerprint density at radius 3 is 2.40 bits per heavy atom. The van der Waals surface area contributed by atoms with Gasteiger partial charge in [-0.3, -0.25) is 4.79 Å². The van der Waals surface area contributed by atoms with Gasteiger partial charge in [-0.15, -0.1) is 0 Å². The van der Waals surface area contributed by atoms with E-state index in [-0.39, 0.29) is 23.6 Å². The maximum Gasteiger partial charge on any atom is 0.303 e. The molecule has 35 heavy (non-hydrogen) atoms. The third-order valence-electron chi connectivity index (χ3n) is 6.35. The fraction of sp³-hybridized carbons (Fsp3) is 0.367. The van der Waals surface area contributed by atoms with Crippen LogP contribution in [0.25, 0.3) is 11.1 Å². The van der Waals surface area contributed by atoms with Crippen LogP contribution in [0.5, 0.6) is 11.5 Å². The first kappa shape index (κ1) is 26.3. The number of rotatable bonds is 9. The summed E-state index contributed by atoms with van der Waals surface area (Å²) in [7, 11) is 1.57. The van der Waals surface area contributed by atoms with E-state index in [2.05, 4.69) is 26.8 Å². The molecule has 0 aromatic heterocycles. The summed E-state index contributed by atoms with van der Waals surface area (Å²) in [6.45, 7) is 10.6. The molecule has 3 rings (SSSR count). The van der Waals surface area contributed by atoms with E-state index in [1.54, 1.807) is 19.2 Å². The Morgan fingerprint density at radius 2 is 1.77 bits per heavy atom. The molecule has 0 aliphatic rings. The number of carbonyl (C=O) groups is 1. The molecule has 0 saturated heterocycles. The summed E-state index contributed by atoms with van der Waals surface area (Å²) in [6, 6.07) is 16.7. The number of carboxylic acids is 1. The number of aryl methyl sites for hydroxylation is 1. The van der Waals surface area contributed by atoms with Crippen molar-refractivity contribution in [3.8, 4) is 22.6 Å². The average Bonchev–Trinajstić information content (AvgIpc) is 2.81. The maximum atomic E-state index is 14.8. The summed E-state index contributed by atoms with van der Waals surface area (Å²) >= 11 is 0. The van der Waals surface area contributed by atoms with Crippen LogP contribution in [0.4, 0.5) is 4.39 Å². The normalized spacial score (nSPS) is 12.3. The minimum Gasteiger partial charge on any atom is -0.497 e. The second-order valence-corrected chi connectivity index (χ2v) is 9.99. The number of aliphatic carboxylic acids is 1. The highest BCUT2D eigenvalue weighted by Gasteiger charge is 2.22. The van der Waals surface area contributed by atoms with E-state index in [1.165, 1.54) is 6.07 Å². The molecule has 4 nitrogen and oxygen atoms in total. The molecular formula is C30H35FO4. The predicted octanol–water partition coefficient (Wildman–Crippen LogP) is 7.65. The van der Waals surface area contributed by atoms with Crippen molar-refractivity contribution in [1.82, 2.24) is 0 Å². The summed E-state index contributed by atoms with van der Waals surface area (Å²) < 4.78 is 26.3. The summed E-state index contributed by atoms with van der Waals surface area (Å²) in [5.41, 5.74) is 5.07. The van der Waals surface area contributed by atoms with Crippen LogP contribution in [0.15, 0.2) is 54.6 Å². The van der Waals surface area contributed by atoms with Gasteiger partial charge in [-0.05, 0) is 76.8 Å². The van der Waals surface area contributed by atoms with E-state index in [4.69, 9.17) is 9.47 Å². The molecule has 186 valence electrons. The molecule has 1 N–H and O–H groups in total. The van der Waals surface area contributed by atoms with Crippen molar-refractivity contribution < 1.29 is 23.8 Å². The molecule has 1 atom stereocenters. The zero-order chi connectivity index (χ0) is 25.8. The molecule has 0 radical (unpaired) electrons. The minimum absolute atomic E-state index is 0.0556. The number of halogens is 1.